The van der Waals surface area contributed by atoms with Crippen molar-refractivity contribution in [2.24, 2.45) is 28.6 Å². The molecule has 4 unspecified atom stereocenters. The van der Waals surface area contributed by atoms with Crippen LogP contribution in [-0.4, -0.2) is 0 Å². The van der Waals surface area contributed by atoms with Gasteiger partial charge in [-0.2, -0.15) is 0 Å². The summed E-state index contributed by atoms with van der Waals surface area (Å²) in [6.45, 7) is 22.1. The Bertz CT molecular complexity index is 303. The molecule has 0 heteroatoms. The molecule has 0 saturated heterocycles. The van der Waals surface area contributed by atoms with E-state index in [2.05, 4.69) is 62.3 Å². The summed E-state index contributed by atoms with van der Waals surface area (Å²) in [4.78, 5) is 0. The summed E-state index contributed by atoms with van der Waals surface area (Å²) in [7, 11) is 0. The van der Waals surface area contributed by atoms with Gasteiger partial charge in [0.15, 0.2) is 0 Å². The van der Waals surface area contributed by atoms with Gasteiger partial charge in [-0.15, -0.1) is 0 Å². The normalized spacial score (nSPS) is 18.9. The lowest BCUT2D eigenvalue weighted by atomic mass is 9.56. The first-order valence-corrected chi connectivity index (χ1v) is 11.2. The summed E-state index contributed by atoms with van der Waals surface area (Å²) in [6, 6.07) is 0. The second-order valence-corrected chi connectivity index (χ2v) is 9.68. The Labute approximate surface area is 155 Å². The van der Waals surface area contributed by atoms with E-state index in [-0.39, 0.29) is 0 Å². The average Bonchev–Trinajstić information content (AvgIpc) is 2.56. The first-order chi connectivity index (χ1) is 11.2. The minimum Gasteiger partial charge on any atom is -0.0654 e. The summed E-state index contributed by atoms with van der Waals surface area (Å²) >= 11 is 0. The van der Waals surface area contributed by atoms with Crippen LogP contribution >= 0.6 is 0 Å². The fraction of sp³-hybridized carbons (Fsp3) is 1.00. The number of hydrogen-bond donors (Lipinski definition) is 0. The SMILES string of the molecule is CCCCC(CCC(C)CC)(CC(C)CCC)C(C)C(C)(C)CC. The van der Waals surface area contributed by atoms with Crippen LogP contribution in [0.15, 0.2) is 0 Å². The van der Waals surface area contributed by atoms with Crippen LogP contribution in [0.5, 0.6) is 0 Å². The molecule has 0 spiro atoms. The maximum absolute atomic E-state index is 2.59. The smallest absolute Gasteiger partial charge is 0.0264 e. The van der Waals surface area contributed by atoms with Gasteiger partial charge in [0.05, 0.1) is 0 Å². The van der Waals surface area contributed by atoms with E-state index in [0.29, 0.717) is 10.8 Å². The van der Waals surface area contributed by atoms with Crippen molar-refractivity contribution in [3.63, 3.8) is 0 Å². The second-order valence-electron chi connectivity index (χ2n) is 9.68. The lowest BCUT2D eigenvalue weighted by molar-refractivity contribution is 0.00991. The Morgan fingerprint density at radius 1 is 0.750 bits per heavy atom. The van der Waals surface area contributed by atoms with Gasteiger partial charge in [-0.3, -0.25) is 0 Å². The van der Waals surface area contributed by atoms with E-state index in [1.807, 2.05) is 0 Å². The molecule has 0 aliphatic carbocycles. The van der Waals surface area contributed by atoms with Crippen molar-refractivity contribution in [1.82, 2.24) is 0 Å². The number of hydrogen-bond acceptors (Lipinski definition) is 0. The molecule has 4 atom stereocenters. The van der Waals surface area contributed by atoms with Crippen molar-refractivity contribution in [3.8, 4) is 0 Å². The zero-order chi connectivity index (χ0) is 18.8. The van der Waals surface area contributed by atoms with Crippen molar-refractivity contribution in [2.45, 2.75) is 127 Å². The number of rotatable bonds is 14. The van der Waals surface area contributed by atoms with Crippen molar-refractivity contribution in [1.29, 1.82) is 0 Å². The molecule has 24 heavy (non-hydrogen) atoms. The Balaban J connectivity index is 5.54. The molecule has 0 saturated carbocycles. The summed E-state index contributed by atoms with van der Waals surface area (Å²) in [6.07, 6.45) is 13.9. The number of unbranched alkanes of at least 4 members (excludes halogenated alkanes) is 1. The third kappa shape index (κ3) is 7.49. The summed E-state index contributed by atoms with van der Waals surface area (Å²) in [5.41, 5.74) is 1.00. The highest BCUT2D eigenvalue weighted by Gasteiger charge is 2.42. The molecular weight excluding hydrogens is 288 g/mol. The van der Waals surface area contributed by atoms with Gasteiger partial charge < -0.3 is 0 Å². The van der Waals surface area contributed by atoms with E-state index < -0.39 is 0 Å². The molecule has 0 fully saturated rings. The summed E-state index contributed by atoms with van der Waals surface area (Å²) in [5.74, 6) is 2.56. The first kappa shape index (κ1) is 24.0. The lowest BCUT2D eigenvalue weighted by Crippen LogP contribution is -2.40. The molecule has 0 bridgehead atoms. The molecule has 0 nitrogen and oxygen atoms in total. The zero-order valence-electron chi connectivity index (χ0n) is 18.8. The minimum absolute atomic E-state index is 0.454. The maximum Gasteiger partial charge on any atom is -0.0264 e. The highest BCUT2D eigenvalue weighted by molar-refractivity contribution is 4.92. The highest BCUT2D eigenvalue weighted by Crippen LogP contribution is 2.52. The van der Waals surface area contributed by atoms with E-state index in [1.165, 1.54) is 64.2 Å². The molecule has 0 heterocycles. The average molecular weight is 339 g/mol. The Kier molecular flexibility index (Phi) is 11.6. The monoisotopic (exact) mass is 338 g/mol. The predicted molar refractivity (Wildman–Crippen MR) is 113 cm³/mol. The molecule has 0 aliphatic rings. The molecule has 0 aromatic heterocycles. The van der Waals surface area contributed by atoms with Gasteiger partial charge >= 0.3 is 0 Å². The molecule has 0 N–H and O–H groups in total. The summed E-state index contributed by atoms with van der Waals surface area (Å²) < 4.78 is 0. The van der Waals surface area contributed by atoms with Crippen LogP contribution in [0.1, 0.15) is 127 Å². The standard InChI is InChI=1S/C24H50/c1-10-14-17-24(18-16-20(5)12-3,19-21(6)15-11-2)22(7)23(8,9)13-4/h20-22H,10-19H2,1-9H3. The van der Waals surface area contributed by atoms with E-state index >= 15 is 0 Å². The highest BCUT2D eigenvalue weighted by atomic mass is 14.5. The Morgan fingerprint density at radius 3 is 1.83 bits per heavy atom. The molecule has 0 amide bonds. The van der Waals surface area contributed by atoms with Crippen molar-refractivity contribution < 1.29 is 0 Å². The molecule has 0 aliphatic heterocycles. The molecule has 0 aromatic rings. The topological polar surface area (TPSA) is 0 Å². The first-order valence-electron chi connectivity index (χ1n) is 11.2. The van der Waals surface area contributed by atoms with Gasteiger partial charge in [0.25, 0.3) is 0 Å². The van der Waals surface area contributed by atoms with Crippen molar-refractivity contribution >= 4 is 0 Å². The van der Waals surface area contributed by atoms with Crippen LogP contribution in [0.2, 0.25) is 0 Å². The quantitative estimate of drug-likeness (QED) is 0.296. The predicted octanol–water partition coefficient (Wildman–Crippen LogP) is 8.89. The van der Waals surface area contributed by atoms with Gasteiger partial charge in [-0.1, -0.05) is 107 Å². The van der Waals surface area contributed by atoms with Crippen molar-refractivity contribution in [3.05, 3.63) is 0 Å². The third-order valence-corrected chi connectivity index (χ3v) is 7.40. The summed E-state index contributed by atoms with van der Waals surface area (Å²) in [5, 5.41) is 0. The van der Waals surface area contributed by atoms with Gasteiger partial charge in [0.2, 0.25) is 0 Å². The zero-order valence-corrected chi connectivity index (χ0v) is 18.8. The van der Waals surface area contributed by atoms with Crippen LogP contribution < -0.4 is 0 Å². The second kappa shape index (κ2) is 11.6. The van der Waals surface area contributed by atoms with Crippen LogP contribution in [0, 0.1) is 28.6 Å². The molecule has 0 radical (unpaired) electrons. The fourth-order valence-corrected chi connectivity index (χ4v) is 4.63. The van der Waals surface area contributed by atoms with Crippen molar-refractivity contribution in [2.75, 3.05) is 0 Å². The third-order valence-electron chi connectivity index (χ3n) is 7.40. The molecule has 0 aromatic carbocycles. The van der Waals surface area contributed by atoms with Crippen LogP contribution in [0.3, 0.4) is 0 Å². The maximum atomic E-state index is 2.59. The van der Waals surface area contributed by atoms with E-state index in [9.17, 15) is 0 Å². The van der Waals surface area contributed by atoms with E-state index in [4.69, 9.17) is 0 Å². The fourth-order valence-electron chi connectivity index (χ4n) is 4.63. The van der Waals surface area contributed by atoms with Gasteiger partial charge in [0, 0.05) is 0 Å². The van der Waals surface area contributed by atoms with Gasteiger partial charge in [-0.05, 0) is 47.8 Å². The van der Waals surface area contributed by atoms with Crippen LogP contribution in [0.25, 0.3) is 0 Å². The van der Waals surface area contributed by atoms with Crippen LogP contribution in [-0.2, 0) is 0 Å². The van der Waals surface area contributed by atoms with Gasteiger partial charge in [0.1, 0.15) is 0 Å². The molecule has 0 rings (SSSR count). The van der Waals surface area contributed by atoms with Gasteiger partial charge in [-0.25, -0.2) is 0 Å². The van der Waals surface area contributed by atoms with E-state index in [1.54, 1.807) is 0 Å². The van der Waals surface area contributed by atoms with E-state index in [0.717, 1.165) is 17.8 Å². The molecule has 146 valence electrons. The molecular formula is C24H50. The Hall–Kier alpha value is 0. The van der Waals surface area contributed by atoms with Crippen LogP contribution in [0.4, 0.5) is 0 Å². The minimum atomic E-state index is 0.454. The Morgan fingerprint density at radius 2 is 1.38 bits per heavy atom. The lowest BCUT2D eigenvalue weighted by Gasteiger charge is -2.49. The largest absolute Gasteiger partial charge is 0.0654 e.